The van der Waals surface area contributed by atoms with Gasteiger partial charge in [-0.3, -0.25) is 14.4 Å². The highest BCUT2D eigenvalue weighted by molar-refractivity contribution is 6.42. The summed E-state index contributed by atoms with van der Waals surface area (Å²) in [5.74, 6) is 0.0754. The summed E-state index contributed by atoms with van der Waals surface area (Å²) < 4.78 is 1.85. The third-order valence-corrected chi connectivity index (χ3v) is 5.42. The second kappa shape index (κ2) is 7.77. The van der Waals surface area contributed by atoms with Crippen LogP contribution in [0.4, 0.5) is 0 Å². The standard InChI is InChI=1S/C18H22Cl2N4O/c1-3-24-13(2)15(11-21-24)18(25)23-8-6-22(7-9-23)12-14-4-5-16(19)17(20)10-14/h4-5,10-11H,3,6-9,12H2,1-2H3. The van der Waals surface area contributed by atoms with Crippen LogP contribution < -0.4 is 0 Å². The molecule has 1 aliphatic rings. The molecule has 3 rings (SSSR count). The quantitative estimate of drug-likeness (QED) is 0.815. The summed E-state index contributed by atoms with van der Waals surface area (Å²) in [5.41, 5.74) is 2.78. The minimum absolute atomic E-state index is 0.0754. The number of piperazine rings is 1. The summed E-state index contributed by atoms with van der Waals surface area (Å²) in [6, 6.07) is 5.73. The molecule has 5 nitrogen and oxygen atoms in total. The summed E-state index contributed by atoms with van der Waals surface area (Å²) in [6.07, 6.45) is 1.68. The Morgan fingerprint density at radius 1 is 1.16 bits per heavy atom. The first-order valence-corrected chi connectivity index (χ1v) is 9.23. The fourth-order valence-corrected chi connectivity index (χ4v) is 3.47. The van der Waals surface area contributed by atoms with Gasteiger partial charge in [0.15, 0.2) is 0 Å². The molecule has 0 atom stereocenters. The molecule has 1 fully saturated rings. The summed E-state index contributed by atoms with van der Waals surface area (Å²) in [7, 11) is 0. The molecule has 0 N–H and O–H groups in total. The molecule has 1 aromatic heterocycles. The van der Waals surface area contributed by atoms with Crippen molar-refractivity contribution < 1.29 is 4.79 Å². The second-order valence-electron chi connectivity index (χ2n) is 6.28. The van der Waals surface area contributed by atoms with Gasteiger partial charge in [-0.25, -0.2) is 0 Å². The Bertz CT molecular complexity index is 766. The van der Waals surface area contributed by atoms with E-state index in [-0.39, 0.29) is 5.91 Å². The third-order valence-electron chi connectivity index (χ3n) is 4.68. The van der Waals surface area contributed by atoms with Gasteiger partial charge in [0, 0.05) is 45.0 Å². The van der Waals surface area contributed by atoms with Crippen LogP contribution in [0.25, 0.3) is 0 Å². The van der Waals surface area contributed by atoms with Crippen molar-refractivity contribution in [1.29, 1.82) is 0 Å². The Balaban J connectivity index is 1.58. The highest BCUT2D eigenvalue weighted by atomic mass is 35.5. The van der Waals surface area contributed by atoms with Gasteiger partial charge in [-0.05, 0) is 31.5 Å². The van der Waals surface area contributed by atoms with E-state index in [2.05, 4.69) is 10.00 Å². The zero-order valence-corrected chi connectivity index (χ0v) is 16.0. The molecular weight excluding hydrogens is 359 g/mol. The molecule has 0 bridgehead atoms. The number of aromatic nitrogens is 2. The molecule has 0 saturated carbocycles. The van der Waals surface area contributed by atoms with E-state index in [1.54, 1.807) is 6.20 Å². The van der Waals surface area contributed by atoms with E-state index in [0.717, 1.165) is 50.5 Å². The molecule has 1 aromatic carbocycles. The second-order valence-corrected chi connectivity index (χ2v) is 7.09. The molecule has 2 heterocycles. The molecule has 0 spiro atoms. The van der Waals surface area contributed by atoms with Gasteiger partial charge in [-0.2, -0.15) is 5.10 Å². The van der Waals surface area contributed by atoms with Crippen LogP contribution in [0.1, 0.15) is 28.5 Å². The van der Waals surface area contributed by atoms with Crippen molar-refractivity contribution in [1.82, 2.24) is 19.6 Å². The van der Waals surface area contributed by atoms with Gasteiger partial charge in [-0.15, -0.1) is 0 Å². The molecule has 0 aliphatic carbocycles. The third kappa shape index (κ3) is 4.00. The fraction of sp³-hybridized carbons (Fsp3) is 0.444. The number of nitrogens with zero attached hydrogens (tertiary/aromatic N) is 4. The first kappa shape index (κ1) is 18.2. The number of carbonyl (C=O) groups excluding carboxylic acids is 1. The zero-order valence-electron chi connectivity index (χ0n) is 14.5. The van der Waals surface area contributed by atoms with E-state index in [1.807, 2.05) is 41.6 Å². The van der Waals surface area contributed by atoms with Crippen LogP contribution in [-0.4, -0.2) is 51.7 Å². The van der Waals surface area contributed by atoms with Crippen molar-refractivity contribution in [3.8, 4) is 0 Å². The molecule has 0 unspecified atom stereocenters. The lowest BCUT2D eigenvalue weighted by Crippen LogP contribution is -2.48. The maximum absolute atomic E-state index is 12.7. The Morgan fingerprint density at radius 3 is 2.48 bits per heavy atom. The predicted octanol–water partition coefficient (Wildman–Crippen LogP) is 3.48. The van der Waals surface area contributed by atoms with E-state index in [1.165, 1.54) is 0 Å². The highest BCUT2D eigenvalue weighted by Crippen LogP contribution is 2.23. The molecule has 1 aliphatic heterocycles. The lowest BCUT2D eigenvalue weighted by Gasteiger charge is -2.34. The van der Waals surface area contributed by atoms with Crippen molar-refractivity contribution in [3.63, 3.8) is 0 Å². The SMILES string of the molecule is CCn1ncc(C(=O)N2CCN(Cc3ccc(Cl)c(Cl)c3)CC2)c1C. The van der Waals surface area contributed by atoms with Gasteiger partial charge in [0.1, 0.15) is 0 Å². The monoisotopic (exact) mass is 380 g/mol. The summed E-state index contributed by atoms with van der Waals surface area (Å²) in [4.78, 5) is 17.0. The Labute approximate surface area is 158 Å². The molecule has 1 amide bonds. The molecular formula is C18H22Cl2N4O. The van der Waals surface area contributed by atoms with E-state index in [9.17, 15) is 4.79 Å². The van der Waals surface area contributed by atoms with Crippen molar-refractivity contribution in [3.05, 3.63) is 51.3 Å². The van der Waals surface area contributed by atoms with Crippen molar-refractivity contribution in [2.75, 3.05) is 26.2 Å². The van der Waals surface area contributed by atoms with E-state index >= 15 is 0 Å². The highest BCUT2D eigenvalue weighted by Gasteiger charge is 2.24. The predicted molar refractivity (Wildman–Crippen MR) is 100 cm³/mol. The van der Waals surface area contributed by atoms with Gasteiger partial charge in [0.2, 0.25) is 0 Å². The molecule has 134 valence electrons. The molecule has 1 saturated heterocycles. The Hall–Kier alpha value is -1.56. The Kier molecular flexibility index (Phi) is 5.67. The average molecular weight is 381 g/mol. The summed E-state index contributed by atoms with van der Waals surface area (Å²) in [5, 5.41) is 5.42. The van der Waals surface area contributed by atoms with E-state index in [0.29, 0.717) is 15.6 Å². The van der Waals surface area contributed by atoms with Crippen LogP contribution in [-0.2, 0) is 13.1 Å². The summed E-state index contributed by atoms with van der Waals surface area (Å²) >= 11 is 12.0. The topological polar surface area (TPSA) is 41.4 Å². The number of rotatable bonds is 4. The van der Waals surface area contributed by atoms with Crippen molar-refractivity contribution >= 4 is 29.1 Å². The Morgan fingerprint density at radius 2 is 1.88 bits per heavy atom. The number of halogens is 2. The van der Waals surface area contributed by atoms with Crippen LogP contribution in [0.5, 0.6) is 0 Å². The molecule has 2 aromatic rings. The normalized spacial score (nSPS) is 15.6. The van der Waals surface area contributed by atoms with Crippen LogP contribution in [0.2, 0.25) is 10.0 Å². The maximum atomic E-state index is 12.7. The number of amides is 1. The molecule has 0 radical (unpaired) electrons. The number of carbonyl (C=O) groups is 1. The largest absolute Gasteiger partial charge is 0.336 e. The van der Waals surface area contributed by atoms with Crippen LogP contribution in [0, 0.1) is 6.92 Å². The van der Waals surface area contributed by atoms with Gasteiger partial charge in [0.25, 0.3) is 5.91 Å². The van der Waals surface area contributed by atoms with E-state index in [4.69, 9.17) is 23.2 Å². The van der Waals surface area contributed by atoms with Gasteiger partial charge < -0.3 is 4.90 Å². The van der Waals surface area contributed by atoms with E-state index < -0.39 is 0 Å². The molecule has 25 heavy (non-hydrogen) atoms. The number of benzene rings is 1. The van der Waals surface area contributed by atoms with Gasteiger partial charge in [-0.1, -0.05) is 29.3 Å². The minimum atomic E-state index is 0.0754. The fourth-order valence-electron chi connectivity index (χ4n) is 3.15. The maximum Gasteiger partial charge on any atom is 0.257 e. The average Bonchev–Trinajstić information content (AvgIpc) is 2.99. The smallest absolute Gasteiger partial charge is 0.257 e. The lowest BCUT2D eigenvalue weighted by atomic mass is 10.1. The number of hydrogen-bond donors (Lipinski definition) is 0. The number of hydrogen-bond acceptors (Lipinski definition) is 3. The van der Waals surface area contributed by atoms with Gasteiger partial charge in [0.05, 0.1) is 21.8 Å². The van der Waals surface area contributed by atoms with Crippen LogP contribution in [0.15, 0.2) is 24.4 Å². The lowest BCUT2D eigenvalue weighted by molar-refractivity contribution is 0.0627. The first-order valence-electron chi connectivity index (χ1n) is 8.47. The molecule has 7 heteroatoms. The van der Waals surface area contributed by atoms with Crippen molar-refractivity contribution in [2.24, 2.45) is 0 Å². The minimum Gasteiger partial charge on any atom is -0.336 e. The van der Waals surface area contributed by atoms with Crippen LogP contribution >= 0.6 is 23.2 Å². The summed E-state index contributed by atoms with van der Waals surface area (Å²) in [6.45, 7) is 8.68. The number of aryl methyl sites for hydroxylation is 1. The van der Waals surface area contributed by atoms with Crippen molar-refractivity contribution in [2.45, 2.75) is 26.9 Å². The zero-order chi connectivity index (χ0) is 18.0. The van der Waals surface area contributed by atoms with Gasteiger partial charge >= 0.3 is 0 Å². The van der Waals surface area contributed by atoms with Crippen LogP contribution in [0.3, 0.4) is 0 Å². The first-order chi connectivity index (χ1) is 12.0.